The van der Waals surface area contributed by atoms with Crippen molar-refractivity contribution in [1.29, 1.82) is 5.26 Å². The third kappa shape index (κ3) is 5.15. The first-order valence-electron chi connectivity index (χ1n) is 10.9. The zero-order valence-corrected chi connectivity index (χ0v) is 21.5. The van der Waals surface area contributed by atoms with Gasteiger partial charge in [0.1, 0.15) is 5.82 Å². The van der Waals surface area contributed by atoms with E-state index in [4.69, 9.17) is 28.3 Å². The number of primary sulfonamides is 1. The number of nitrogens with one attached hydrogen (secondary N) is 1. The Kier molecular flexibility index (Phi) is 7.33. The predicted molar refractivity (Wildman–Crippen MR) is 132 cm³/mol. The van der Waals surface area contributed by atoms with Gasteiger partial charge in [-0.25, -0.2) is 13.6 Å². The fraction of sp³-hybridized carbons (Fsp3) is 0.208. The van der Waals surface area contributed by atoms with Gasteiger partial charge in [-0.15, -0.1) is 0 Å². The van der Waals surface area contributed by atoms with Gasteiger partial charge in [-0.1, -0.05) is 29.3 Å². The molecule has 1 atom stereocenters. The second kappa shape index (κ2) is 10.1. The molecule has 0 spiro atoms. The molecule has 198 valence electrons. The number of benzene rings is 2. The molecule has 1 aliphatic carbocycles. The molecule has 0 saturated heterocycles. The van der Waals surface area contributed by atoms with Gasteiger partial charge in [-0.2, -0.15) is 18.4 Å². The van der Waals surface area contributed by atoms with Crippen molar-refractivity contribution in [3.63, 3.8) is 0 Å². The van der Waals surface area contributed by atoms with Crippen LogP contribution in [0.4, 0.5) is 18.9 Å². The standard InChI is InChI=1S/C24H17Cl2F3N4O4S/c25-12-4-9-15(17(26)10-12)20-16(11-30)22(32-23(35)24(27,28)29)33(18-2-1-3-19(34)21(18)20)13-5-7-14(8-6-13)38(31,36)37/h4-10,20H,1-3H2,(H,32,35)(H2,31,36,37). The highest BCUT2D eigenvalue weighted by Crippen LogP contribution is 2.48. The molecule has 4 rings (SSSR count). The van der Waals surface area contributed by atoms with Crippen LogP contribution >= 0.6 is 23.2 Å². The van der Waals surface area contributed by atoms with Crippen LogP contribution in [0.25, 0.3) is 0 Å². The van der Waals surface area contributed by atoms with Crippen LogP contribution in [-0.4, -0.2) is 26.3 Å². The summed E-state index contributed by atoms with van der Waals surface area (Å²) in [6.45, 7) is 0. The minimum absolute atomic E-state index is 0.0629. The number of carbonyl (C=O) groups excluding carboxylic acids is 2. The number of nitrogens with two attached hydrogens (primary N) is 1. The number of amides is 1. The van der Waals surface area contributed by atoms with E-state index in [2.05, 4.69) is 0 Å². The lowest BCUT2D eigenvalue weighted by Crippen LogP contribution is -2.46. The molecule has 2 aliphatic rings. The Hall–Kier alpha value is -3.37. The average molecular weight is 585 g/mol. The van der Waals surface area contributed by atoms with Crippen molar-refractivity contribution in [2.24, 2.45) is 5.14 Å². The van der Waals surface area contributed by atoms with Crippen molar-refractivity contribution >= 4 is 50.6 Å². The highest BCUT2D eigenvalue weighted by Gasteiger charge is 2.45. The number of nitriles is 1. The Morgan fingerprint density at radius 2 is 1.79 bits per heavy atom. The van der Waals surface area contributed by atoms with Gasteiger partial charge >= 0.3 is 12.1 Å². The van der Waals surface area contributed by atoms with Gasteiger partial charge in [0, 0.05) is 33.4 Å². The van der Waals surface area contributed by atoms with Gasteiger partial charge in [0.05, 0.1) is 22.5 Å². The van der Waals surface area contributed by atoms with Crippen LogP contribution in [0.2, 0.25) is 10.0 Å². The number of anilines is 1. The van der Waals surface area contributed by atoms with Gasteiger partial charge in [0.2, 0.25) is 10.0 Å². The summed E-state index contributed by atoms with van der Waals surface area (Å²) in [5.41, 5.74) is 0.301. The molecule has 3 N–H and O–H groups in total. The summed E-state index contributed by atoms with van der Waals surface area (Å²) in [4.78, 5) is 26.2. The van der Waals surface area contributed by atoms with Crippen LogP contribution < -0.4 is 15.4 Å². The van der Waals surface area contributed by atoms with Crippen LogP contribution in [-0.2, 0) is 19.6 Å². The Bertz CT molecular complexity index is 1560. The minimum Gasteiger partial charge on any atom is -0.303 e. The summed E-state index contributed by atoms with van der Waals surface area (Å²) in [5, 5.41) is 17.4. The third-order valence-electron chi connectivity index (χ3n) is 6.06. The van der Waals surface area contributed by atoms with E-state index in [1.165, 1.54) is 30.3 Å². The predicted octanol–water partition coefficient (Wildman–Crippen LogP) is 4.67. The Labute approximate surface area is 225 Å². The quantitative estimate of drug-likeness (QED) is 0.536. The van der Waals surface area contributed by atoms with E-state index in [1.807, 2.05) is 6.07 Å². The van der Waals surface area contributed by atoms with Crippen LogP contribution in [0.1, 0.15) is 30.7 Å². The van der Waals surface area contributed by atoms with E-state index in [0.29, 0.717) is 6.42 Å². The number of allylic oxidation sites excluding steroid dienone is 3. The fourth-order valence-corrected chi connectivity index (χ4v) is 5.51. The molecule has 38 heavy (non-hydrogen) atoms. The minimum atomic E-state index is -5.30. The fourth-order valence-electron chi connectivity index (χ4n) is 4.48. The monoisotopic (exact) mass is 584 g/mol. The highest BCUT2D eigenvalue weighted by atomic mass is 35.5. The molecular weight excluding hydrogens is 568 g/mol. The molecular formula is C24H17Cl2F3N4O4S. The van der Waals surface area contributed by atoms with Crippen molar-refractivity contribution in [3.05, 3.63) is 80.7 Å². The van der Waals surface area contributed by atoms with E-state index in [0.717, 1.165) is 17.0 Å². The lowest BCUT2D eigenvalue weighted by molar-refractivity contribution is -0.172. The first-order valence-corrected chi connectivity index (χ1v) is 13.2. The molecule has 2 aromatic carbocycles. The van der Waals surface area contributed by atoms with Gasteiger partial charge in [0.15, 0.2) is 5.78 Å². The Morgan fingerprint density at radius 3 is 2.34 bits per heavy atom. The van der Waals surface area contributed by atoms with Crippen molar-refractivity contribution < 1.29 is 31.2 Å². The molecule has 1 aliphatic heterocycles. The van der Waals surface area contributed by atoms with Crippen molar-refractivity contribution in [3.8, 4) is 6.07 Å². The number of nitrogens with zero attached hydrogens (tertiary/aromatic N) is 2. The molecule has 0 bridgehead atoms. The Morgan fingerprint density at radius 1 is 1.13 bits per heavy atom. The number of hydrogen-bond donors (Lipinski definition) is 2. The van der Waals surface area contributed by atoms with Gasteiger partial charge in [-0.05, 0) is 54.8 Å². The van der Waals surface area contributed by atoms with Crippen LogP contribution in [0, 0.1) is 11.3 Å². The lowest BCUT2D eigenvalue weighted by atomic mass is 9.75. The topological polar surface area (TPSA) is 133 Å². The summed E-state index contributed by atoms with van der Waals surface area (Å²) < 4.78 is 63.5. The van der Waals surface area contributed by atoms with E-state index in [1.54, 1.807) is 5.32 Å². The molecule has 8 nitrogen and oxygen atoms in total. The number of carbonyl (C=O) groups is 2. The zero-order valence-electron chi connectivity index (χ0n) is 19.1. The molecule has 14 heteroatoms. The number of alkyl halides is 3. The van der Waals surface area contributed by atoms with Crippen molar-refractivity contribution in [1.82, 2.24) is 5.32 Å². The molecule has 2 aromatic rings. The molecule has 1 heterocycles. The summed E-state index contributed by atoms with van der Waals surface area (Å²) in [6.07, 6.45) is -4.65. The van der Waals surface area contributed by atoms with Gasteiger partial charge in [-0.3, -0.25) is 14.5 Å². The summed E-state index contributed by atoms with van der Waals surface area (Å²) in [7, 11) is -4.10. The van der Waals surface area contributed by atoms with Crippen molar-refractivity contribution in [2.45, 2.75) is 36.3 Å². The van der Waals surface area contributed by atoms with Crippen LogP contribution in [0.15, 0.2) is 70.0 Å². The number of halogens is 5. The first kappa shape index (κ1) is 27.7. The largest absolute Gasteiger partial charge is 0.471 e. The second-order valence-electron chi connectivity index (χ2n) is 8.44. The second-order valence-corrected chi connectivity index (χ2v) is 10.8. The van der Waals surface area contributed by atoms with E-state index in [9.17, 15) is 36.4 Å². The van der Waals surface area contributed by atoms with Gasteiger partial charge in [0.25, 0.3) is 0 Å². The maximum absolute atomic E-state index is 13.4. The summed E-state index contributed by atoms with van der Waals surface area (Å²) in [6, 6.07) is 10.9. The van der Waals surface area contributed by atoms with E-state index in [-0.39, 0.29) is 61.7 Å². The van der Waals surface area contributed by atoms with E-state index < -0.39 is 33.8 Å². The molecule has 0 fully saturated rings. The van der Waals surface area contributed by atoms with Crippen LogP contribution in [0.3, 0.4) is 0 Å². The molecule has 0 saturated carbocycles. The van der Waals surface area contributed by atoms with E-state index >= 15 is 0 Å². The number of Topliss-reactive ketones (excluding diaryl/α,β-unsaturated/α-hetero) is 1. The summed E-state index contributed by atoms with van der Waals surface area (Å²) >= 11 is 12.4. The molecule has 0 radical (unpaired) electrons. The molecule has 1 unspecified atom stereocenters. The number of hydrogen-bond acceptors (Lipinski definition) is 6. The normalized spacial score (nSPS) is 18.3. The number of sulfonamides is 1. The third-order valence-corrected chi connectivity index (χ3v) is 7.55. The maximum Gasteiger partial charge on any atom is 0.471 e. The lowest BCUT2D eigenvalue weighted by Gasteiger charge is -2.41. The Balaban J connectivity index is 2.03. The molecule has 0 aromatic heterocycles. The number of rotatable bonds is 4. The zero-order chi connectivity index (χ0) is 28.0. The van der Waals surface area contributed by atoms with Crippen molar-refractivity contribution in [2.75, 3.05) is 4.90 Å². The van der Waals surface area contributed by atoms with Crippen LogP contribution in [0.5, 0.6) is 0 Å². The molecule has 1 amide bonds. The first-order chi connectivity index (χ1) is 17.7. The van der Waals surface area contributed by atoms with Gasteiger partial charge < -0.3 is 5.32 Å². The average Bonchev–Trinajstić information content (AvgIpc) is 2.82. The number of ketones is 1. The smallest absolute Gasteiger partial charge is 0.303 e. The summed E-state index contributed by atoms with van der Waals surface area (Å²) in [5.74, 6) is -4.44. The highest BCUT2D eigenvalue weighted by molar-refractivity contribution is 7.89. The maximum atomic E-state index is 13.4. The SMILES string of the molecule is N#CC1=C(NC(=O)C(F)(F)F)N(c2ccc(S(N)(=O)=O)cc2)C2=C(C(=O)CCC2)C1c1ccc(Cl)cc1Cl.